The van der Waals surface area contributed by atoms with E-state index in [2.05, 4.69) is 6.92 Å². The highest BCUT2D eigenvalue weighted by Gasteiger charge is 2.52. The Bertz CT molecular complexity index is 519. The van der Waals surface area contributed by atoms with Crippen LogP contribution in [0.2, 0.25) is 0 Å². The summed E-state index contributed by atoms with van der Waals surface area (Å²) in [6.45, 7) is 3.67. The summed E-state index contributed by atoms with van der Waals surface area (Å²) >= 11 is 0. The summed E-state index contributed by atoms with van der Waals surface area (Å²) in [7, 11) is 0. The summed E-state index contributed by atoms with van der Waals surface area (Å²) in [5.41, 5.74) is 0.762. The molecule has 1 aromatic carbocycles. The lowest BCUT2D eigenvalue weighted by Crippen LogP contribution is -2.31. The van der Waals surface area contributed by atoms with E-state index in [4.69, 9.17) is 0 Å². The molecule has 0 amide bonds. The van der Waals surface area contributed by atoms with Gasteiger partial charge >= 0.3 is 0 Å². The molecular formula is C17H23F3. The minimum atomic E-state index is -2.87. The SMILES string of the molecule is Cc1c(F)ccc2c1C(F)(F)C(C1CCC(C)CC1)C2.[HH]. The largest absolute Gasteiger partial charge is 0.277 e. The molecule has 1 unspecified atom stereocenters. The predicted molar refractivity (Wildman–Crippen MR) is 75.5 cm³/mol. The van der Waals surface area contributed by atoms with Gasteiger partial charge in [0.25, 0.3) is 5.92 Å². The predicted octanol–water partition coefficient (Wildman–Crippen LogP) is 5.47. The van der Waals surface area contributed by atoms with Crippen molar-refractivity contribution in [2.45, 2.75) is 51.9 Å². The van der Waals surface area contributed by atoms with Gasteiger partial charge in [-0.25, -0.2) is 13.2 Å². The zero-order valence-corrected chi connectivity index (χ0v) is 12.1. The molecule has 1 atom stereocenters. The molecule has 0 N–H and O–H groups in total. The van der Waals surface area contributed by atoms with Gasteiger partial charge in [-0.05, 0) is 55.2 Å². The van der Waals surface area contributed by atoms with Gasteiger partial charge in [0.2, 0.25) is 0 Å². The number of halogens is 3. The highest BCUT2D eigenvalue weighted by Crippen LogP contribution is 2.53. The molecule has 0 radical (unpaired) electrons. The Morgan fingerprint density at radius 1 is 1.15 bits per heavy atom. The quantitative estimate of drug-likeness (QED) is 0.641. The van der Waals surface area contributed by atoms with Gasteiger partial charge < -0.3 is 0 Å². The van der Waals surface area contributed by atoms with Crippen LogP contribution in [0.25, 0.3) is 0 Å². The first-order chi connectivity index (χ1) is 9.41. The van der Waals surface area contributed by atoms with Crippen LogP contribution in [0.4, 0.5) is 13.2 Å². The number of fused-ring (bicyclic) bond motifs is 1. The van der Waals surface area contributed by atoms with E-state index in [1.807, 2.05) is 0 Å². The topological polar surface area (TPSA) is 0 Å². The van der Waals surface area contributed by atoms with Crippen molar-refractivity contribution >= 4 is 0 Å². The van der Waals surface area contributed by atoms with Gasteiger partial charge in [-0.2, -0.15) is 0 Å². The molecule has 3 heteroatoms. The van der Waals surface area contributed by atoms with Gasteiger partial charge in [-0.1, -0.05) is 25.8 Å². The molecule has 1 aromatic rings. The zero-order chi connectivity index (χ0) is 14.5. The molecule has 0 aliphatic heterocycles. The van der Waals surface area contributed by atoms with Crippen molar-refractivity contribution in [2.75, 3.05) is 0 Å². The molecule has 2 aliphatic rings. The molecule has 2 aliphatic carbocycles. The Balaban J connectivity index is 0.00000161. The lowest BCUT2D eigenvalue weighted by Gasteiger charge is -2.34. The van der Waals surface area contributed by atoms with Crippen molar-refractivity contribution in [1.29, 1.82) is 0 Å². The normalized spacial score (nSPS) is 32.1. The van der Waals surface area contributed by atoms with Crippen LogP contribution in [0.1, 0.15) is 50.7 Å². The zero-order valence-electron chi connectivity index (χ0n) is 12.1. The molecule has 112 valence electrons. The smallest absolute Gasteiger partial charge is 0.207 e. The number of hydrogen-bond acceptors (Lipinski definition) is 0. The van der Waals surface area contributed by atoms with Crippen molar-refractivity contribution in [1.82, 2.24) is 0 Å². The molecule has 20 heavy (non-hydrogen) atoms. The van der Waals surface area contributed by atoms with E-state index in [9.17, 15) is 13.2 Å². The number of benzene rings is 1. The second-order valence-corrected chi connectivity index (χ2v) is 6.66. The van der Waals surface area contributed by atoms with Crippen molar-refractivity contribution in [3.8, 4) is 0 Å². The maximum absolute atomic E-state index is 14.8. The maximum Gasteiger partial charge on any atom is 0.277 e. The minimum Gasteiger partial charge on any atom is -0.207 e. The van der Waals surface area contributed by atoms with Crippen LogP contribution in [-0.4, -0.2) is 0 Å². The lowest BCUT2D eigenvalue weighted by atomic mass is 9.74. The van der Waals surface area contributed by atoms with E-state index in [1.165, 1.54) is 13.0 Å². The standard InChI is InChI=1S/C17H21F3.H2/c1-10-3-5-12(6-4-10)14-9-13-7-8-15(18)11(2)16(13)17(14,19)20;/h7-8,10,12,14H,3-6,9H2,1-2H3;1H. The van der Waals surface area contributed by atoms with Crippen molar-refractivity contribution in [3.05, 3.63) is 34.6 Å². The van der Waals surface area contributed by atoms with Gasteiger partial charge in [-0.3, -0.25) is 0 Å². The number of hydrogen-bond donors (Lipinski definition) is 0. The van der Waals surface area contributed by atoms with E-state index in [1.54, 1.807) is 6.07 Å². The molecule has 0 saturated heterocycles. The van der Waals surface area contributed by atoms with E-state index >= 15 is 0 Å². The Hall–Kier alpha value is -0.990. The molecule has 0 nitrogen and oxygen atoms in total. The summed E-state index contributed by atoms with van der Waals surface area (Å²) in [5.74, 6) is -3.28. The fourth-order valence-corrected chi connectivity index (χ4v) is 4.08. The first kappa shape index (κ1) is 14.0. The Kier molecular flexibility index (Phi) is 3.34. The van der Waals surface area contributed by atoms with Crippen LogP contribution < -0.4 is 0 Å². The number of alkyl halides is 2. The average molecular weight is 284 g/mol. The molecule has 0 aromatic heterocycles. The molecule has 3 rings (SSSR count). The van der Waals surface area contributed by atoms with Crippen molar-refractivity contribution in [2.24, 2.45) is 17.8 Å². The maximum atomic E-state index is 14.8. The van der Waals surface area contributed by atoms with Gasteiger partial charge in [0.1, 0.15) is 5.82 Å². The van der Waals surface area contributed by atoms with E-state index in [0.29, 0.717) is 17.9 Å². The van der Waals surface area contributed by atoms with Crippen LogP contribution in [-0.2, 0) is 12.3 Å². The number of rotatable bonds is 1. The summed E-state index contributed by atoms with van der Waals surface area (Å²) in [6, 6.07) is 2.88. The van der Waals surface area contributed by atoms with Gasteiger partial charge in [-0.15, -0.1) is 0 Å². The fourth-order valence-electron chi connectivity index (χ4n) is 4.08. The van der Waals surface area contributed by atoms with Gasteiger partial charge in [0, 0.05) is 12.9 Å². The Labute approximate surface area is 119 Å². The van der Waals surface area contributed by atoms with E-state index in [-0.39, 0.29) is 18.5 Å². The second-order valence-electron chi connectivity index (χ2n) is 6.66. The van der Waals surface area contributed by atoms with E-state index < -0.39 is 17.7 Å². The summed E-state index contributed by atoms with van der Waals surface area (Å²) < 4.78 is 43.1. The Morgan fingerprint density at radius 3 is 2.45 bits per heavy atom. The van der Waals surface area contributed by atoms with Crippen molar-refractivity contribution < 1.29 is 14.6 Å². The lowest BCUT2D eigenvalue weighted by molar-refractivity contribution is -0.0820. The summed E-state index contributed by atoms with van der Waals surface area (Å²) in [4.78, 5) is 0. The van der Waals surface area contributed by atoms with Crippen LogP contribution in [0.15, 0.2) is 12.1 Å². The van der Waals surface area contributed by atoms with Crippen LogP contribution in [0.5, 0.6) is 0 Å². The summed E-state index contributed by atoms with van der Waals surface area (Å²) in [5, 5.41) is 0. The third-order valence-electron chi connectivity index (χ3n) is 5.35. The summed E-state index contributed by atoms with van der Waals surface area (Å²) in [6.07, 6.45) is 4.26. The third kappa shape index (κ3) is 2.06. The van der Waals surface area contributed by atoms with Crippen LogP contribution in [0, 0.1) is 30.5 Å². The molecule has 0 bridgehead atoms. The third-order valence-corrected chi connectivity index (χ3v) is 5.35. The average Bonchev–Trinajstić information content (AvgIpc) is 2.67. The first-order valence-corrected chi connectivity index (χ1v) is 7.57. The highest BCUT2D eigenvalue weighted by molar-refractivity contribution is 5.43. The fraction of sp³-hybridized carbons (Fsp3) is 0.647. The first-order valence-electron chi connectivity index (χ1n) is 7.57. The molecule has 0 spiro atoms. The highest BCUT2D eigenvalue weighted by atomic mass is 19.3. The van der Waals surface area contributed by atoms with Gasteiger partial charge in [0.15, 0.2) is 0 Å². The molecular weight excluding hydrogens is 261 g/mol. The molecule has 0 heterocycles. The van der Waals surface area contributed by atoms with Crippen molar-refractivity contribution in [3.63, 3.8) is 0 Å². The van der Waals surface area contributed by atoms with Gasteiger partial charge in [0.05, 0.1) is 0 Å². The van der Waals surface area contributed by atoms with Crippen LogP contribution >= 0.6 is 0 Å². The molecule has 1 fully saturated rings. The van der Waals surface area contributed by atoms with Crippen LogP contribution in [0.3, 0.4) is 0 Å². The minimum absolute atomic E-state index is 0. The van der Waals surface area contributed by atoms with E-state index in [0.717, 1.165) is 25.7 Å². The monoisotopic (exact) mass is 284 g/mol. The Morgan fingerprint density at radius 2 is 1.80 bits per heavy atom. The second kappa shape index (κ2) is 4.78. The molecule has 1 saturated carbocycles.